The molecule has 2 rings (SSSR count). The number of halogens is 1. The molecule has 1 N–H and O–H groups in total. The third-order valence-corrected chi connectivity index (χ3v) is 4.05. The highest BCUT2D eigenvalue weighted by Gasteiger charge is 2.32. The molecule has 15 heavy (non-hydrogen) atoms. The average molecular weight is 225 g/mol. The minimum Gasteiger partial charge on any atom is -0.393 e. The van der Waals surface area contributed by atoms with Crippen molar-refractivity contribution < 1.29 is 5.11 Å². The molecule has 1 aliphatic rings. The smallest absolute Gasteiger partial charge is 0.0571 e. The Bertz CT molecular complexity index is 362. The molecule has 82 valence electrons. The number of aryl methyl sites for hydroxylation is 1. The summed E-state index contributed by atoms with van der Waals surface area (Å²) in [6.45, 7) is 4.13. The van der Waals surface area contributed by atoms with Crippen LogP contribution in [0.4, 0.5) is 0 Å². The molecule has 1 fully saturated rings. The lowest BCUT2D eigenvalue weighted by molar-refractivity contribution is 0.136. The summed E-state index contributed by atoms with van der Waals surface area (Å²) in [5, 5.41) is 10.6. The van der Waals surface area contributed by atoms with E-state index in [2.05, 4.69) is 25.1 Å². The summed E-state index contributed by atoms with van der Waals surface area (Å²) in [6, 6.07) is 6.26. The second-order valence-corrected chi connectivity index (χ2v) is 5.03. The molecule has 0 radical (unpaired) electrons. The van der Waals surface area contributed by atoms with Crippen molar-refractivity contribution in [1.82, 2.24) is 0 Å². The molecule has 0 amide bonds. The van der Waals surface area contributed by atoms with Gasteiger partial charge in [0.25, 0.3) is 0 Å². The van der Waals surface area contributed by atoms with Gasteiger partial charge >= 0.3 is 0 Å². The number of benzene rings is 1. The summed E-state index contributed by atoms with van der Waals surface area (Å²) in [5.41, 5.74) is 2.39. The van der Waals surface area contributed by atoms with Gasteiger partial charge in [-0.3, -0.25) is 0 Å². The predicted molar refractivity (Wildman–Crippen MR) is 63.3 cm³/mol. The number of rotatable bonds is 1. The van der Waals surface area contributed by atoms with Crippen molar-refractivity contribution in [2.45, 2.75) is 38.7 Å². The van der Waals surface area contributed by atoms with Crippen molar-refractivity contribution in [3.05, 3.63) is 34.3 Å². The van der Waals surface area contributed by atoms with Crippen LogP contribution in [-0.4, -0.2) is 11.2 Å². The molecule has 0 heterocycles. The molecule has 1 aromatic carbocycles. The number of aliphatic hydroxyl groups is 1. The number of hydrogen-bond donors (Lipinski definition) is 1. The maximum atomic E-state index is 9.72. The summed E-state index contributed by atoms with van der Waals surface area (Å²) >= 11 is 6.11. The first-order chi connectivity index (χ1) is 7.09. The number of aliphatic hydroxyl groups excluding tert-OH is 1. The van der Waals surface area contributed by atoms with Crippen LogP contribution in [0.1, 0.15) is 36.8 Å². The molecular formula is C13H17ClO. The van der Waals surface area contributed by atoms with Crippen molar-refractivity contribution in [2.75, 3.05) is 0 Å². The fraction of sp³-hybridized carbons (Fsp3) is 0.538. The van der Waals surface area contributed by atoms with E-state index in [1.807, 2.05) is 6.92 Å². The molecule has 1 nitrogen and oxygen atoms in total. The lowest BCUT2D eigenvalue weighted by atomic mass is 9.89. The molecule has 1 aromatic rings. The summed E-state index contributed by atoms with van der Waals surface area (Å²) in [6.07, 6.45) is 1.84. The monoisotopic (exact) mass is 224 g/mol. The fourth-order valence-corrected chi connectivity index (χ4v) is 2.64. The molecule has 0 aliphatic heterocycles. The zero-order chi connectivity index (χ0) is 11.0. The summed E-state index contributed by atoms with van der Waals surface area (Å²) in [4.78, 5) is 0. The van der Waals surface area contributed by atoms with Gasteiger partial charge in [0.15, 0.2) is 0 Å². The highest BCUT2D eigenvalue weighted by atomic mass is 35.5. The van der Waals surface area contributed by atoms with Crippen LogP contribution in [0, 0.1) is 12.8 Å². The molecule has 2 heteroatoms. The van der Waals surface area contributed by atoms with Gasteiger partial charge in [-0.2, -0.15) is 0 Å². The van der Waals surface area contributed by atoms with Gasteiger partial charge in [0, 0.05) is 5.02 Å². The Hall–Kier alpha value is -0.530. The van der Waals surface area contributed by atoms with E-state index in [0.717, 1.165) is 23.4 Å². The van der Waals surface area contributed by atoms with Gasteiger partial charge in [-0.1, -0.05) is 30.7 Å². The second-order valence-electron chi connectivity index (χ2n) is 4.62. The van der Waals surface area contributed by atoms with Gasteiger partial charge in [-0.05, 0) is 48.8 Å². The quantitative estimate of drug-likeness (QED) is 0.774. The normalized spacial score (nSPS) is 30.8. The van der Waals surface area contributed by atoms with Crippen molar-refractivity contribution >= 4 is 11.6 Å². The largest absolute Gasteiger partial charge is 0.393 e. The summed E-state index contributed by atoms with van der Waals surface area (Å²) < 4.78 is 0. The molecule has 1 saturated carbocycles. The van der Waals surface area contributed by atoms with Gasteiger partial charge in [0.2, 0.25) is 0 Å². The Morgan fingerprint density at radius 3 is 2.60 bits per heavy atom. The molecule has 0 spiro atoms. The highest BCUT2D eigenvalue weighted by Crippen LogP contribution is 2.40. The fourth-order valence-electron chi connectivity index (χ4n) is 2.45. The Labute approximate surface area is 96.1 Å². The van der Waals surface area contributed by atoms with E-state index >= 15 is 0 Å². The first kappa shape index (κ1) is 11.0. The predicted octanol–water partition coefficient (Wildman–Crippen LogP) is 3.52. The van der Waals surface area contributed by atoms with E-state index in [-0.39, 0.29) is 6.10 Å². The Morgan fingerprint density at radius 2 is 2.07 bits per heavy atom. The summed E-state index contributed by atoms with van der Waals surface area (Å²) in [5.74, 6) is 0.821. The average Bonchev–Trinajstić information content (AvgIpc) is 2.53. The minimum absolute atomic E-state index is 0.143. The van der Waals surface area contributed by atoms with Crippen LogP contribution < -0.4 is 0 Å². The Kier molecular flexibility index (Phi) is 3.03. The zero-order valence-electron chi connectivity index (χ0n) is 9.20. The second kappa shape index (κ2) is 4.15. The van der Waals surface area contributed by atoms with Crippen molar-refractivity contribution in [3.63, 3.8) is 0 Å². The van der Waals surface area contributed by atoms with E-state index in [1.165, 1.54) is 5.56 Å². The van der Waals surface area contributed by atoms with E-state index in [4.69, 9.17) is 11.6 Å². The molecule has 0 aromatic heterocycles. The van der Waals surface area contributed by atoms with Gasteiger partial charge in [-0.15, -0.1) is 0 Å². The molecule has 3 atom stereocenters. The molecule has 1 aliphatic carbocycles. The first-order valence-corrected chi connectivity index (χ1v) is 5.91. The Balaban J connectivity index is 2.26. The van der Waals surface area contributed by atoms with E-state index in [0.29, 0.717) is 11.8 Å². The van der Waals surface area contributed by atoms with Gasteiger partial charge in [0.05, 0.1) is 6.10 Å². The van der Waals surface area contributed by atoms with E-state index in [9.17, 15) is 5.11 Å². The summed E-state index contributed by atoms with van der Waals surface area (Å²) in [7, 11) is 0. The van der Waals surface area contributed by atoms with Crippen LogP contribution >= 0.6 is 11.6 Å². The Morgan fingerprint density at radius 1 is 1.33 bits per heavy atom. The topological polar surface area (TPSA) is 20.2 Å². The third-order valence-electron chi connectivity index (χ3n) is 3.64. The molecule has 0 bridgehead atoms. The van der Waals surface area contributed by atoms with Crippen LogP contribution in [0.25, 0.3) is 0 Å². The highest BCUT2D eigenvalue weighted by molar-refractivity contribution is 6.31. The third kappa shape index (κ3) is 2.04. The van der Waals surface area contributed by atoms with E-state index < -0.39 is 0 Å². The van der Waals surface area contributed by atoms with Crippen LogP contribution in [0.3, 0.4) is 0 Å². The van der Waals surface area contributed by atoms with Crippen LogP contribution in [0.2, 0.25) is 5.02 Å². The van der Waals surface area contributed by atoms with Crippen molar-refractivity contribution in [3.8, 4) is 0 Å². The minimum atomic E-state index is -0.143. The van der Waals surface area contributed by atoms with Crippen molar-refractivity contribution in [1.29, 1.82) is 0 Å². The molecule has 3 unspecified atom stereocenters. The zero-order valence-corrected chi connectivity index (χ0v) is 9.96. The van der Waals surface area contributed by atoms with E-state index in [1.54, 1.807) is 0 Å². The van der Waals surface area contributed by atoms with Crippen LogP contribution in [0.5, 0.6) is 0 Å². The lowest BCUT2D eigenvalue weighted by Gasteiger charge is -2.18. The van der Waals surface area contributed by atoms with Gasteiger partial charge in [-0.25, -0.2) is 0 Å². The van der Waals surface area contributed by atoms with Gasteiger partial charge < -0.3 is 5.11 Å². The van der Waals surface area contributed by atoms with Crippen molar-refractivity contribution in [2.24, 2.45) is 5.92 Å². The molecular weight excluding hydrogens is 208 g/mol. The lowest BCUT2D eigenvalue weighted by Crippen LogP contribution is -2.14. The maximum absolute atomic E-state index is 9.72. The molecule has 0 saturated heterocycles. The maximum Gasteiger partial charge on any atom is 0.0571 e. The first-order valence-electron chi connectivity index (χ1n) is 5.53. The standard InChI is InChI=1S/C13H17ClO/c1-8-3-4-10(7-12(8)14)11-5-6-13(15)9(11)2/h3-4,7,9,11,13,15H,5-6H2,1-2H3. The van der Waals surface area contributed by atoms with Crippen LogP contribution in [0.15, 0.2) is 18.2 Å². The SMILES string of the molecule is Cc1ccc(C2CCC(O)C2C)cc1Cl. The number of hydrogen-bond acceptors (Lipinski definition) is 1. The van der Waals surface area contributed by atoms with Crippen LogP contribution in [-0.2, 0) is 0 Å². The van der Waals surface area contributed by atoms with Gasteiger partial charge in [0.1, 0.15) is 0 Å².